The number of hydrogen-bond donors (Lipinski definition) is 3. The van der Waals surface area contributed by atoms with Crippen molar-refractivity contribution >= 4 is 14.5 Å². The normalized spacial score (nSPS) is 8.43. The Morgan fingerprint density at radius 1 is 1.14 bits per heavy atom. The summed E-state index contributed by atoms with van der Waals surface area (Å²) in [4.78, 5) is 0. The van der Waals surface area contributed by atoms with Gasteiger partial charge in [-0.1, -0.05) is 0 Å². The van der Waals surface area contributed by atoms with E-state index in [9.17, 15) is 0 Å². The Morgan fingerprint density at radius 3 is 1.14 bits per heavy atom. The molecule has 3 N–H and O–H groups in total. The molecule has 0 spiro atoms. The minimum atomic E-state index is -5.12. The maximum atomic E-state index is 8.94. The van der Waals surface area contributed by atoms with Gasteiger partial charge in [-0.15, -0.1) is 0 Å². The molecule has 7 heteroatoms. The van der Waals surface area contributed by atoms with Crippen molar-refractivity contribution in [1.29, 1.82) is 0 Å². The van der Waals surface area contributed by atoms with Crippen LogP contribution >= 0.6 is 0 Å². The molecule has 0 saturated carbocycles. The summed E-state index contributed by atoms with van der Waals surface area (Å²) in [7, 11) is 0. The van der Waals surface area contributed by atoms with E-state index in [1.807, 2.05) is 0 Å². The van der Waals surface area contributed by atoms with Crippen LogP contribution in [0, 0.1) is 82.5 Å². The SMILES string of the molecule is O=[As](O)(O)O.[La].[Yb]. The fourth-order valence-electron chi connectivity index (χ4n) is 0. The predicted molar refractivity (Wildman–Crippen MR) is 13.1 cm³/mol. The third kappa shape index (κ3) is 49.6. The molecular weight excluding hydrogens is 451 g/mol. The molecule has 0 aromatic heterocycles. The Morgan fingerprint density at radius 2 is 1.14 bits per heavy atom. The molecule has 0 unspecified atom stereocenters. The number of rotatable bonds is 0. The first-order valence-electron chi connectivity index (χ1n) is 0.783. The minimum absolute atomic E-state index is 0. The van der Waals surface area contributed by atoms with Gasteiger partial charge >= 0.3 is 30.5 Å². The van der Waals surface area contributed by atoms with Crippen LogP contribution in [0.25, 0.3) is 0 Å². The van der Waals surface area contributed by atoms with Crippen LogP contribution in [-0.4, -0.2) is 26.8 Å². The topological polar surface area (TPSA) is 77.8 Å². The summed E-state index contributed by atoms with van der Waals surface area (Å²) >= 11 is -5.12. The van der Waals surface area contributed by atoms with E-state index < -0.39 is 14.5 Å². The van der Waals surface area contributed by atoms with Crippen LogP contribution in [0.4, 0.5) is 0 Å². The summed E-state index contributed by atoms with van der Waals surface area (Å²) in [5.41, 5.74) is 0. The molecule has 0 aromatic rings. The second-order valence-electron chi connectivity index (χ2n) is 0.513. The van der Waals surface area contributed by atoms with Crippen LogP contribution in [0.2, 0.25) is 0 Å². The Balaban J connectivity index is -0.0000000800. The van der Waals surface area contributed by atoms with Crippen molar-refractivity contribution in [2.45, 2.75) is 0 Å². The second kappa shape index (κ2) is 7.06. The quantitative estimate of drug-likeness (QED) is 0.365. The van der Waals surface area contributed by atoms with Gasteiger partial charge in [-0.25, -0.2) is 0 Å². The van der Waals surface area contributed by atoms with Crippen LogP contribution in [-0.2, 0) is 3.74 Å². The summed E-state index contributed by atoms with van der Waals surface area (Å²) < 4.78 is 30.7. The van der Waals surface area contributed by atoms with Crippen molar-refractivity contribution in [3.63, 3.8) is 0 Å². The molecule has 0 fully saturated rings. The van der Waals surface area contributed by atoms with E-state index in [2.05, 4.69) is 0 Å². The molecule has 0 heterocycles. The van der Waals surface area contributed by atoms with Crippen LogP contribution in [0.3, 0.4) is 0 Å². The maximum Gasteiger partial charge on any atom is 0 e. The van der Waals surface area contributed by atoms with Gasteiger partial charge in [0.25, 0.3) is 0 Å². The Labute approximate surface area is 110 Å². The molecule has 0 amide bonds. The number of hydrogen-bond acceptors (Lipinski definition) is 1. The maximum absolute atomic E-state index is 8.94. The molecule has 1 radical (unpaired) electrons. The van der Waals surface area contributed by atoms with Crippen LogP contribution in [0.15, 0.2) is 0 Å². The van der Waals surface area contributed by atoms with Gasteiger partial charge in [0.2, 0.25) is 0 Å². The fourth-order valence-corrected chi connectivity index (χ4v) is 0. The Hall–Kier alpha value is 2.95. The van der Waals surface area contributed by atoms with Crippen molar-refractivity contribution in [3.05, 3.63) is 0 Å². The van der Waals surface area contributed by atoms with Crippen molar-refractivity contribution in [3.8, 4) is 0 Å². The van der Waals surface area contributed by atoms with E-state index in [0.29, 0.717) is 0 Å². The molecule has 0 aliphatic heterocycles. The van der Waals surface area contributed by atoms with E-state index in [0.717, 1.165) is 0 Å². The molecule has 0 atom stereocenters. The molecule has 0 bridgehead atoms. The average Bonchev–Trinajstić information content (AvgIpc) is 0.722. The Bertz CT molecular complexity index is 57.8. The summed E-state index contributed by atoms with van der Waals surface area (Å²) in [6.07, 6.45) is 0. The van der Waals surface area contributed by atoms with Gasteiger partial charge in [0.05, 0.1) is 0 Å². The first-order valence-corrected chi connectivity index (χ1v) is 4.07. The zero-order valence-electron chi connectivity index (χ0n) is 3.04. The monoisotopic (exact) mass is 455 g/mol. The van der Waals surface area contributed by atoms with Crippen molar-refractivity contribution in [2.24, 2.45) is 0 Å². The molecule has 0 saturated heterocycles. The standard InChI is InChI=1S/AsH3O4.La.Yb/c2-1(3,4)5;;/h(H3,2,3,4,5);;. The second-order valence-corrected chi connectivity index (χ2v) is 2.67. The summed E-state index contributed by atoms with van der Waals surface area (Å²) in [6, 6.07) is 0. The van der Waals surface area contributed by atoms with Crippen LogP contribution in [0.5, 0.6) is 0 Å². The first kappa shape index (κ1) is 16.5. The molecule has 0 aromatic carbocycles. The van der Waals surface area contributed by atoms with Crippen LogP contribution in [0.1, 0.15) is 0 Å². The molecule has 49 valence electrons. The molecule has 0 rings (SSSR count). The van der Waals surface area contributed by atoms with Crippen molar-refractivity contribution in [2.75, 3.05) is 0 Å². The van der Waals surface area contributed by atoms with Gasteiger partial charge in [0.15, 0.2) is 0 Å². The third-order valence-electron chi connectivity index (χ3n) is 0. The van der Waals surface area contributed by atoms with E-state index in [-0.39, 0.29) is 82.5 Å². The summed E-state index contributed by atoms with van der Waals surface area (Å²) in [6.45, 7) is 0. The molecule has 0 aliphatic rings. The predicted octanol–water partition coefficient (Wildman–Crippen LogP) is -2.17. The Kier molecular flexibility index (Phi) is 16.7. The van der Waals surface area contributed by atoms with Crippen LogP contribution < -0.4 is 0 Å². The van der Waals surface area contributed by atoms with Gasteiger partial charge < -0.3 is 0 Å². The summed E-state index contributed by atoms with van der Waals surface area (Å²) in [5, 5.41) is 0. The third-order valence-corrected chi connectivity index (χ3v) is 0. The van der Waals surface area contributed by atoms with E-state index in [1.54, 1.807) is 0 Å². The van der Waals surface area contributed by atoms with Crippen molar-refractivity contribution in [1.82, 2.24) is 0 Å². The molecular formula is H3AsLaO4Yb. The van der Waals surface area contributed by atoms with E-state index >= 15 is 0 Å². The zero-order chi connectivity index (χ0) is 4.50. The first-order chi connectivity index (χ1) is 2.00. The molecule has 7 heavy (non-hydrogen) atoms. The average molecular weight is 454 g/mol. The minimum Gasteiger partial charge on any atom is 0 e. The van der Waals surface area contributed by atoms with E-state index in [1.165, 1.54) is 0 Å². The molecule has 4 nitrogen and oxygen atoms in total. The van der Waals surface area contributed by atoms with Gasteiger partial charge in [-0.05, 0) is 0 Å². The van der Waals surface area contributed by atoms with Gasteiger partial charge in [0.1, 0.15) is 0 Å². The zero-order valence-corrected chi connectivity index (χ0v) is 10.3. The van der Waals surface area contributed by atoms with Gasteiger partial charge in [-0.2, -0.15) is 0 Å². The van der Waals surface area contributed by atoms with Gasteiger partial charge in [-0.3, -0.25) is 0 Å². The fraction of sp³-hybridized carbons (Fsp3) is 0. The smallest absolute Gasteiger partial charge is 0 e. The summed E-state index contributed by atoms with van der Waals surface area (Å²) in [5.74, 6) is 0. The largest absolute Gasteiger partial charge is 0 e. The van der Waals surface area contributed by atoms with Gasteiger partial charge in [0, 0.05) is 82.5 Å². The van der Waals surface area contributed by atoms with E-state index in [4.69, 9.17) is 16.0 Å². The molecule has 0 aliphatic carbocycles. The van der Waals surface area contributed by atoms with Crippen molar-refractivity contribution < 1.29 is 98.5 Å².